The highest BCUT2D eigenvalue weighted by molar-refractivity contribution is 7.91. The predicted octanol–water partition coefficient (Wildman–Crippen LogP) is 0.0835. The maximum absolute atomic E-state index is 11.4. The number of aromatic nitrogens is 1. The van der Waals surface area contributed by atoms with Crippen molar-refractivity contribution in [3.63, 3.8) is 0 Å². The van der Waals surface area contributed by atoms with Crippen molar-refractivity contribution in [2.45, 2.75) is 13.5 Å². The van der Waals surface area contributed by atoms with Crippen molar-refractivity contribution in [3.8, 4) is 0 Å². The van der Waals surface area contributed by atoms with Gasteiger partial charge in [0.2, 0.25) is 0 Å². The van der Waals surface area contributed by atoms with E-state index in [-0.39, 0.29) is 11.5 Å². The molecule has 1 saturated heterocycles. The summed E-state index contributed by atoms with van der Waals surface area (Å²) in [5, 5.41) is 0. The van der Waals surface area contributed by atoms with Crippen LogP contribution in [0.15, 0.2) is 12.1 Å². The quantitative estimate of drug-likeness (QED) is 0.810. The molecule has 1 aromatic rings. The fourth-order valence-electron chi connectivity index (χ4n) is 1.94. The number of hydrogen-bond acceptors (Lipinski definition) is 5. The second kappa shape index (κ2) is 4.62. The lowest BCUT2D eigenvalue weighted by Gasteiger charge is -2.28. The summed E-state index contributed by atoms with van der Waals surface area (Å²) in [4.78, 5) is 6.44. The third-order valence-electron chi connectivity index (χ3n) is 2.90. The minimum absolute atomic E-state index is 0.209. The van der Waals surface area contributed by atoms with E-state index in [1.165, 1.54) is 0 Å². The van der Waals surface area contributed by atoms with Crippen molar-refractivity contribution in [2.75, 3.05) is 29.5 Å². The average molecular weight is 255 g/mol. The molecular formula is C11H17N3O2S. The van der Waals surface area contributed by atoms with Crippen LogP contribution >= 0.6 is 0 Å². The van der Waals surface area contributed by atoms with Gasteiger partial charge in [-0.1, -0.05) is 0 Å². The molecule has 94 valence electrons. The number of nitrogens with zero attached hydrogens (tertiary/aromatic N) is 2. The molecule has 0 spiro atoms. The Kier molecular flexibility index (Phi) is 3.35. The van der Waals surface area contributed by atoms with Crippen LogP contribution in [0.5, 0.6) is 0 Å². The van der Waals surface area contributed by atoms with Gasteiger partial charge >= 0.3 is 0 Å². The highest BCUT2D eigenvalue weighted by Gasteiger charge is 2.22. The molecule has 1 aliphatic rings. The second-order valence-corrected chi connectivity index (χ2v) is 6.62. The van der Waals surface area contributed by atoms with Gasteiger partial charge in [-0.15, -0.1) is 0 Å². The molecule has 6 heteroatoms. The maximum atomic E-state index is 11.4. The molecule has 0 aromatic carbocycles. The molecule has 0 bridgehead atoms. The predicted molar refractivity (Wildman–Crippen MR) is 67.7 cm³/mol. The van der Waals surface area contributed by atoms with Gasteiger partial charge in [-0.05, 0) is 24.6 Å². The van der Waals surface area contributed by atoms with Crippen molar-refractivity contribution >= 4 is 15.7 Å². The molecule has 0 aliphatic carbocycles. The summed E-state index contributed by atoms with van der Waals surface area (Å²) in [6, 6.07) is 3.88. The minimum Gasteiger partial charge on any atom is -0.355 e. The van der Waals surface area contributed by atoms with E-state index in [0.717, 1.165) is 17.1 Å². The van der Waals surface area contributed by atoms with Gasteiger partial charge in [0.25, 0.3) is 0 Å². The molecule has 1 fully saturated rings. The van der Waals surface area contributed by atoms with Crippen molar-refractivity contribution < 1.29 is 8.42 Å². The first-order valence-corrected chi connectivity index (χ1v) is 7.45. The van der Waals surface area contributed by atoms with Gasteiger partial charge in [-0.25, -0.2) is 13.4 Å². The van der Waals surface area contributed by atoms with E-state index in [1.807, 2.05) is 24.0 Å². The van der Waals surface area contributed by atoms with E-state index >= 15 is 0 Å². The number of rotatable bonds is 2. The number of hydrogen-bond donors (Lipinski definition) is 1. The summed E-state index contributed by atoms with van der Waals surface area (Å²) in [7, 11) is -2.84. The lowest BCUT2D eigenvalue weighted by atomic mass is 10.2. The third-order valence-corrected chi connectivity index (χ3v) is 4.51. The summed E-state index contributed by atoms with van der Waals surface area (Å²) in [5.41, 5.74) is 7.56. The zero-order valence-corrected chi connectivity index (χ0v) is 10.7. The Balaban J connectivity index is 2.21. The Bertz CT molecular complexity index is 499. The molecular weight excluding hydrogens is 238 g/mol. The Hall–Kier alpha value is -1.14. The van der Waals surface area contributed by atoms with Crippen LogP contribution in [0.1, 0.15) is 11.3 Å². The number of pyridine rings is 1. The summed E-state index contributed by atoms with van der Waals surface area (Å²) in [6.07, 6.45) is 0. The van der Waals surface area contributed by atoms with Gasteiger partial charge in [0, 0.05) is 25.3 Å². The summed E-state index contributed by atoms with van der Waals surface area (Å²) in [6.45, 7) is 3.43. The zero-order chi connectivity index (χ0) is 12.5. The molecule has 2 N–H and O–H groups in total. The smallest absolute Gasteiger partial charge is 0.153 e. The van der Waals surface area contributed by atoms with Crippen LogP contribution in [0.3, 0.4) is 0 Å². The summed E-state index contributed by atoms with van der Waals surface area (Å²) >= 11 is 0. The third kappa shape index (κ3) is 2.95. The average Bonchev–Trinajstić information content (AvgIpc) is 2.28. The number of nitrogens with two attached hydrogens (primary N) is 1. The molecule has 17 heavy (non-hydrogen) atoms. The first kappa shape index (κ1) is 12.3. The number of anilines is 1. The molecule has 1 aromatic heterocycles. The monoisotopic (exact) mass is 255 g/mol. The van der Waals surface area contributed by atoms with Crippen LogP contribution in [0, 0.1) is 6.92 Å². The molecule has 2 rings (SSSR count). The molecule has 2 heterocycles. The molecule has 0 atom stereocenters. The zero-order valence-electron chi connectivity index (χ0n) is 9.89. The second-order valence-electron chi connectivity index (χ2n) is 4.32. The largest absolute Gasteiger partial charge is 0.355 e. The molecule has 0 amide bonds. The highest BCUT2D eigenvalue weighted by atomic mass is 32.2. The van der Waals surface area contributed by atoms with Crippen molar-refractivity contribution in [3.05, 3.63) is 23.4 Å². The van der Waals surface area contributed by atoms with E-state index in [0.29, 0.717) is 19.6 Å². The van der Waals surface area contributed by atoms with Gasteiger partial charge in [-0.2, -0.15) is 0 Å². The Morgan fingerprint density at radius 2 is 2.00 bits per heavy atom. The Morgan fingerprint density at radius 1 is 1.35 bits per heavy atom. The highest BCUT2D eigenvalue weighted by Crippen LogP contribution is 2.17. The van der Waals surface area contributed by atoms with Crippen LogP contribution in [-0.4, -0.2) is 38.0 Å². The lowest BCUT2D eigenvalue weighted by Crippen LogP contribution is -2.40. The van der Waals surface area contributed by atoms with Gasteiger partial charge in [0.1, 0.15) is 5.82 Å². The molecule has 5 nitrogen and oxygen atoms in total. The van der Waals surface area contributed by atoms with Crippen LogP contribution in [0.2, 0.25) is 0 Å². The maximum Gasteiger partial charge on any atom is 0.153 e. The standard InChI is InChI=1S/C11H17N3O2S/c1-9-6-10(8-12)7-11(13-9)14-2-4-17(15,16)5-3-14/h6-7H,2-5,8,12H2,1H3. The van der Waals surface area contributed by atoms with E-state index in [1.54, 1.807) is 0 Å². The van der Waals surface area contributed by atoms with Crippen LogP contribution in [0.25, 0.3) is 0 Å². The van der Waals surface area contributed by atoms with E-state index in [9.17, 15) is 8.42 Å². The normalized spacial score (nSPS) is 19.3. The minimum atomic E-state index is -2.84. The summed E-state index contributed by atoms with van der Waals surface area (Å²) < 4.78 is 22.7. The van der Waals surface area contributed by atoms with E-state index in [2.05, 4.69) is 4.98 Å². The lowest BCUT2D eigenvalue weighted by molar-refractivity contribution is 0.586. The van der Waals surface area contributed by atoms with Crippen LogP contribution in [0.4, 0.5) is 5.82 Å². The number of sulfone groups is 1. The fraction of sp³-hybridized carbons (Fsp3) is 0.545. The van der Waals surface area contributed by atoms with Crippen molar-refractivity contribution in [1.82, 2.24) is 4.98 Å². The molecule has 0 saturated carbocycles. The van der Waals surface area contributed by atoms with E-state index < -0.39 is 9.84 Å². The van der Waals surface area contributed by atoms with Crippen LogP contribution in [-0.2, 0) is 16.4 Å². The van der Waals surface area contributed by atoms with Crippen molar-refractivity contribution in [2.24, 2.45) is 5.73 Å². The van der Waals surface area contributed by atoms with Crippen LogP contribution < -0.4 is 10.6 Å². The van der Waals surface area contributed by atoms with Crippen molar-refractivity contribution in [1.29, 1.82) is 0 Å². The molecule has 1 aliphatic heterocycles. The summed E-state index contributed by atoms with van der Waals surface area (Å²) in [5.74, 6) is 1.25. The first-order chi connectivity index (χ1) is 8.00. The molecule has 0 radical (unpaired) electrons. The first-order valence-electron chi connectivity index (χ1n) is 5.63. The van der Waals surface area contributed by atoms with Gasteiger partial charge in [0.15, 0.2) is 9.84 Å². The Labute approximate surface area is 102 Å². The number of aryl methyl sites for hydroxylation is 1. The molecule has 0 unspecified atom stereocenters. The fourth-order valence-corrected chi connectivity index (χ4v) is 3.14. The Morgan fingerprint density at radius 3 is 2.59 bits per heavy atom. The van der Waals surface area contributed by atoms with Gasteiger partial charge < -0.3 is 10.6 Å². The van der Waals surface area contributed by atoms with E-state index in [4.69, 9.17) is 5.73 Å². The van der Waals surface area contributed by atoms with Gasteiger partial charge in [0.05, 0.1) is 11.5 Å². The topological polar surface area (TPSA) is 76.3 Å². The van der Waals surface area contributed by atoms with Gasteiger partial charge in [-0.3, -0.25) is 0 Å². The SMILES string of the molecule is Cc1cc(CN)cc(N2CCS(=O)(=O)CC2)n1.